The van der Waals surface area contributed by atoms with Crippen LogP contribution < -0.4 is 13.8 Å². The fraction of sp³-hybridized carbons (Fsp3) is 0.136. The molecule has 1 N–H and O–H groups in total. The Balaban J connectivity index is 1.79. The van der Waals surface area contributed by atoms with Crippen LogP contribution in [0.3, 0.4) is 0 Å². The van der Waals surface area contributed by atoms with E-state index in [-0.39, 0.29) is 23.8 Å². The van der Waals surface area contributed by atoms with Crippen LogP contribution >= 0.6 is 0 Å². The molecule has 0 bridgehead atoms. The van der Waals surface area contributed by atoms with E-state index in [1.165, 1.54) is 35.7 Å². The number of aromatic hydroxyl groups is 1. The van der Waals surface area contributed by atoms with Gasteiger partial charge in [-0.05, 0) is 59.7 Å². The van der Waals surface area contributed by atoms with Crippen molar-refractivity contribution in [3.05, 3.63) is 66.2 Å². The second-order valence-electron chi connectivity index (χ2n) is 6.63. The van der Waals surface area contributed by atoms with Gasteiger partial charge in [-0.2, -0.15) is 5.26 Å². The zero-order chi connectivity index (χ0) is 21.3. The normalized spacial score (nSPS) is 13.1. The average Bonchev–Trinajstić information content (AvgIpc) is 2.78. The number of nitrogens with zero attached hydrogens (tertiary/aromatic N) is 2. The molecular formula is C22H18N2O5S. The Hall–Kier alpha value is -3.70. The van der Waals surface area contributed by atoms with Crippen molar-refractivity contribution >= 4 is 15.7 Å². The van der Waals surface area contributed by atoms with Gasteiger partial charge in [-0.15, -0.1) is 0 Å². The van der Waals surface area contributed by atoms with Crippen LogP contribution in [-0.4, -0.2) is 33.8 Å². The highest BCUT2D eigenvalue weighted by Crippen LogP contribution is 2.39. The van der Waals surface area contributed by atoms with Gasteiger partial charge >= 0.3 is 0 Å². The number of phenolic OH excluding ortho intramolecular Hbond substituents is 1. The molecule has 1 aliphatic rings. The SMILES string of the molecule is COc1cc(-c2ccc3c(c2)N(S(=O)(=O)c2ccc(O)cc2)CCO3)ccc1C#N. The predicted molar refractivity (Wildman–Crippen MR) is 111 cm³/mol. The largest absolute Gasteiger partial charge is 0.508 e. The number of benzene rings is 3. The van der Waals surface area contributed by atoms with E-state index in [1.54, 1.807) is 30.3 Å². The smallest absolute Gasteiger partial charge is 0.264 e. The first-order valence-electron chi connectivity index (χ1n) is 9.11. The highest BCUT2D eigenvalue weighted by Gasteiger charge is 2.30. The number of sulfonamides is 1. The van der Waals surface area contributed by atoms with Gasteiger partial charge in [-0.1, -0.05) is 12.1 Å². The predicted octanol–water partition coefficient (Wildman–Crippen LogP) is 3.53. The van der Waals surface area contributed by atoms with Crippen molar-refractivity contribution in [1.29, 1.82) is 5.26 Å². The summed E-state index contributed by atoms with van der Waals surface area (Å²) in [5.74, 6) is 0.902. The topological polar surface area (TPSA) is 99.9 Å². The molecule has 3 aromatic carbocycles. The molecule has 1 heterocycles. The fourth-order valence-corrected chi connectivity index (χ4v) is 4.78. The van der Waals surface area contributed by atoms with E-state index >= 15 is 0 Å². The third-order valence-electron chi connectivity index (χ3n) is 4.86. The monoisotopic (exact) mass is 422 g/mol. The van der Waals surface area contributed by atoms with Gasteiger partial charge in [0.15, 0.2) is 0 Å². The average molecular weight is 422 g/mol. The van der Waals surface area contributed by atoms with E-state index < -0.39 is 10.0 Å². The Morgan fingerprint density at radius 2 is 1.77 bits per heavy atom. The molecule has 30 heavy (non-hydrogen) atoms. The minimum absolute atomic E-state index is 0.00613. The van der Waals surface area contributed by atoms with E-state index in [2.05, 4.69) is 6.07 Å². The third kappa shape index (κ3) is 3.40. The molecular weight excluding hydrogens is 404 g/mol. The molecule has 4 rings (SSSR count). The lowest BCUT2D eigenvalue weighted by Crippen LogP contribution is -2.37. The van der Waals surface area contributed by atoms with Crippen molar-refractivity contribution in [2.75, 3.05) is 24.6 Å². The maximum atomic E-state index is 13.2. The summed E-state index contributed by atoms with van der Waals surface area (Å²) < 4.78 is 38.7. The van der Waals surface area contributed by atoms with Crippen LogP contribution in [-0.2, 0) is 10.0 Å². The van der Waals surface area contributed by atoms with E-state index in [9.17, 15) is 18.8 Å². The van der Waals surface area contributed by atoms with Gasteiger partial charge in [0.1, 0.15) is 29.9 Å². The van der Waals surface area contributed by atoms with E-state index in [0.29, 0.717) is 22.7 Å². The molecule has 1 aliphatic heterocycles. The Bertz CT molecular complexity index is 1250. The van der Waals surface area contributed by atoms with E-state index in [4.69, 9.17) is 9.47 Å². The van der Waals surface area contributed by atoms with Crippen LogP contribution in [0.4, 0.5) is 5.69 Å². The molecule has 0 aliphatic carbocycles. The number of fused-ring (bicyclic) bond motifs is 1. The lowest BCUT2D eigenvalue weighted by Gasteiger charge is -2.31. The van der Waals surface area contributed by atoms with Crippen molar-refractivity contribution in [2.45, 2.75) is 4.90 Å². The summed E-state index contributed by atoms with van der Waals surface area (Å²) in [5.41, 5.74) is 2.38. The number of nitriles is 1. The Labute approximate surface area is 174 Å². The van der Waals surface area contributed by atoms with Crippen LogP contribution in [0, 0.1) is 11.3 Å². The quantitative estimate of drug-likeness (QED) is 0.690. The number of ether oxygens (including phenoxy) is 2. The standard InChI is InChI=1S/C22H18N2O5S/c1-28-22-13-16(2-3-17(22)14-23)15-4-9-21-20(12-15)24(10-11-29-21)30(26,27)19-7-5-18(25)6-8-19/h2-9,12-13,25H,10-11H2,1H3. The van der Waals surface area contributed by atoms with Crippen molar-refractivity contribution in [1.82, 2.24) is 0 Å². The molecule has 0 saturated carbocycles. The molecule has 0 unspecified atom stereocenters. The van der Waals surface area contributed by atoms with Crippen LogP contribution in [0.2, 0.25) is 0 Å². The van der Waals surface area contributed by atoms with Crippen LogP contribution in [0.5, 0.6) is 17.2 Å². The summed E-state index contributed by atoms with van der Waals surface area (Å²) in [6, 6.07) is 18.0. The van der Waals surface area contributed by atoms with Crippen LogP contribution in [0.15, 0.2) is 65.6 Å². The number of rotatable bonds is 4. The molecule has 152 valence electrons. The number of methoxy groups -OCH3 is 1. The molecule has 0 aromatic heterocycles. The highest BCUT2D eigenvalue weighted by atomic mass is 32.2. The number of phenols is 1. The first kappa shape index (κ1) is 19.6. The first-order chi connectivity index (χ1) is 14.4. The summed E-state index contributed by atoms with van der Waals surface area (Å²) >= 11 is 0. The third-order valence-corrected chi connectivity index (χ3v) is 6.69. The minimum Gasteiger partial charge on any atom is -0.508 e. The van der Waals surface area contributed by atoms with Gasteiger partial charge in [0.25, 0.3) is 10.0 Å². The summed E-state index contributed by atoms with van der Waals surface area (Å²) in [6.07, 6.45) is 0. The van der Waals surface area contributed by atoms with Gasteiger partial charge in [-0.25, -0.2) is 8.42 Å². The number of hydrogen-bond acceptors (Lipinski definition) is 6. The fourth-order valence-electron chi connectivity index (χ4n) is 3.33. The van der Waals surface area contributed by atoms with Crippen molar-refractivity contribution in [2.24, 2.45) is 0 Å². The molecule has 0 saturated heterocycles. The minimum atomic E-state index is -3.84. The zero-order valence-corrected chi connectivity index (χ0v) is 16.9. The molecule has 8 heteroatoms. The Morgan fingerprint density at radius 3 is 2.47 bits per heavy atom. The summed E-state index contributed by atoms with van der Waals surface area (Å²) in [6.45, 7) is 0.394. The summed E-state index contributed by atoms with van der Waals surface area (Å²) in [5, 5.41) is 18.7. The van der Waals surface area contributed by atoms with E-state index in [1.807, 2.05) is 6.07 Å². The number of anilines is 1. The van der Waals surface area contributed by atoms with Gasteiger partial charge in [-0.3, -0.25) is 4.31 Å². The second kappa shape index (κ2) is 7.61. The lowest BCUT2D eigenvalue weighted by molar-refractivity contribution is 0.316. The Morgan fingerprint density at radius 1 is 1.07 bits per heavy atom. The maximum Gasteiger partial charge on any atom is 0.264 e. The van der Waals surface area contributed by atoms with Gasteiger partial charge in [0.2, 0.25) is 0 Å². The lowest BCUT2D eigenvalue weighted by atomic mass is 10.0. The molecule has 0 amide bonds. The van der Waals surface area contributed by atoms with Crippen molar-refractivity contribution < 1.29 is 23.0 Å². The molecule has 0 atom stereocenters. The molecule has 3 aromatic rings. The highest BCUT2D eigenvalue weighted by molar-refractivity contribution is 7.92. The summed E-state index contributed by atoms with van der Waals surface area (Å²) in [4.78, 5) is 0.0820. The van der Waals surface area contributed by atoms with Gasteiger partial charge in [0, 0.05) is 0 Å². The van der Waals surface area contributed by atoms with Crippen LogP contribution in [0.25, 0.3) is 11.1 Å². The van der Waals surface area contributed by atoms with E-state index in [0.717, 1.165) is 11.1 Å². The van der Waals surface area contributed by atoms with Crippen LogP contribution in [0.1, 0.15) is 5.56 Å². The van der Waals surface area contributed by atoms with Gasteiger partial charge in [0.05, 0.1) is 29.8 Å². The second-order valence-corrected chi connectivity index (χ2v) is 8.49. The van der Waals surface area contributed by atoms with Crippen molar-refractivity contribution in [3.63, 3.8) is 0 Å². The first-order valence-corrected chi connectivity index (χ1v) is 10.5. The maximum absolute atomic E-state index is 13.2. The molecule has 7 nitrogen and oxygen atoms in total. The molecule has 0 fully saturated rings. The molecule has 0 radical (unpaired) electrons. The summed E-state index contributed by atoms with van der Waals surface area (Å²) in [7, 11) is -2.35. The number of hydrogen-bond donors (Lipinski definition) is 1. The van der Waals surface area contributed by atoms with Gasteiger partial charge < -0.3 is 14.6 Å². The van der Waals surface area contributed by atoms with Crippen molar-refractivity contribution in [3.8, 4) is 34.4 Å². The zero-order valence-electron chi connectivity index (χ0n) is 16.1. The Kier molecular flexibility index (Phi) is 4.98. The molecule has 0 spiro atoms.